The summed E-state index contributed by atoms with van der Waals surface area (Å²) >= 11 is 0. The number of carboxylic acids is 1. The van der Waals surface area contributed by atoms with Crippen molar-refractivity contribution in [1.29, 1.82) is 0 Å². The monoisotopic (exact) mass is 193 g/mol. The fourth-order valence-corrected chi connectivity index (χ4v) is 1.02. The predicted molar refractivity (Wildman–Crippen MR) is 45.6 cm³/mol. The van der Waals surface area contributed by atoms with E-state index in [0.29, 0.717) is 11.6 Å². The summed E-state index contributed by atoms with van der Waals surface area (Å²) in [5.74, 6) is -0.278. The standard InChI is InChI=1S/C7H7N5O2/c8-1-5-10-7-9-2-4(6(13)14)3-12(7)11-5/h2-3H,1,8H2,(H,13,14). The van der Waals surface area contributed by atoms with Gasteiger partial charge in [-0.2, -0.15) is 4.98 Å². The fourth-order valence-electron chi connectivity index (χ4n) is 1.02. The molecule has 0 aliphatic rings. The van der Waals surface area contributed by atoms with E-state index < -0.39 is 5.97 Å². The highest BCUT2D eigenvalue weighted by Crippen LogP contribution is 2.00. The minimum Gasteiger partial charge on any atom is -0.478 e. The van der Waals surface area contributed by atoms with Crippen LogP contribution in [0.4, 0.5) is 0 Å². The Morgan fingerprint density at radius 1 is 1.64 bits per heavy atom. The van der Waals surface area contributed by atoms with Crippen LogP contribution in [0.5, 0.6) is 0 Å². The molecule has 0 amide bonds. The second kappa shape index (κ2) is 3.04. The second-order valence-electron chi connectivity index (χ2n) is 2.62. The van der Waals surface area contributed by atoms with Gasteiger partial charge in [-0.15, -0.1) is 5.10 Å². The van der Waals surface area contributed by atoms with Crippen LogP contribution >= 0.6 is 0 Å². The lowest BCUT2D eigenvalue weighted by Crippen LogP contribution is -2.01. The van der Waals surface area contributed by atoms with Crippen LogP contribution in [0.2, 0.25) is 0 Å². The van der Waals surface area contributed by atoms with Gasteiger partial charge in [-0.3, -0.25) is 0 Å². The first-order chi connectivity index (χ1) is 6.70. The lowest BCUT2D eigenvalue weighted by molar-refractivity contribution is 0.0695. The van der Waals surface area contributed by atoms with Gasteiger partial charge in [0, 0.05) is 12.4 Å². The molecule has 72 valence electrons. The Balaban J connectivity index is 2.59. The first kappa shape index (κ1) is 8.57. The highest BCUT2D eigenvalue weighted by molar-refractivity contribution is 5.86. The summed E-state index contributed by atoms with van der Waals surface area (Å²) in [5, 5.41) is 12.6. The molecule has 2 aromatic rings. The van der Waals surface area contributed by atoms with E-state index in [1.165, 1.54) is 16.9 Å². The van der Waals surface area contributed by atoms with Crippen molar-refractivity contribution in [3.63, 3.8) is 0 Å². The first-order valence-electron chi connectivity index (χ1n) is 3.85. The molecule has 7 heteroatoms. The van der Waals surface area contributed by atoms with E-state index in [9.17, 15) is 4.79 Å². The molecule has 14 heavy (non-hydrogen) atoms. The van der Waals surface area contributed by atoms with Gasteiger partial charge in [0.25, 0.3) is 5.78 Å². The van der Waals surface area contributed by atoms with E-state index in [1.807, 2.05) is 0 Å². The molecule has 2 heterocycles. The Labute approximate surface area is 78.2 Å². The third-order valence-corrected chi connectivity index (χ3v) is 1.67. The van der Waals surface area contributed by atoms with Crippen molar-refractivity contribution in [3.8, 4) is 0 Å². The molecule has 2 aromatic heterocycles. The molecular formula is C7H7N5O2. The number of carboxylic acid groups (broad SMARTS) is 1. The van der Waals surface area contributed by atoms with Crippen molar-refractivity contribution >= 4 is 11.7 Å². The summed E-state index contributed by atoms with van der Waals surface area (Å²) in [6.45, 7) is 0.200. The van der Waals surface area contributed by atoms with Crippen molar-refractivity contribution in [1.82, 2.24) is 19.6 Å². The summed E-state index contributed by atoms with van der Waals surface area (Å²) in [6, 6.07) is 0. The Hall–Kier alpha value is -2.02. The van der Waals surface area contributed by atoms with Crippen molar-refractivity contribution in [2.45, 2.75) is 6.54 Å². The number of hydrogen-bond acceptors (Lipinski definition) is 5. The van der Waals surface area contributed by atoms with Crippen LogP contribution in [0, 0.1) is 0 Å². The third-order valence-electron chi connectivity index (χ3n) is 1.67. The molecule has 0 spiro atoms. The number of rotatable bonds is 2. The lowest BCUT2D eigenvalue weighted by atomic mass is 10.4. The highest BCUT2D eigenvalue weighted by atomic mass is 16.4. The lowest BCUT2D eigenvalue weighted by Gasteiger charge is -1.92. The molecule has 0 saturated carbocycles. The Morgan fingerprint density at radius 3 is 3.07 bits per heavy atom. The molecule has 7 nitrogen and oxygen atoms in total. The summed E-state index contributed by atoms with van der Waals surface area (Å²) in [4.78, 5) is 18.4. The average molecular weight is 193 g/mol. The smallest absolute Gasteiger partial charge is 0.338 e. The van der Waals surface area contributed by atoms with E-state index >= 15 is 0 Å². The summed E-state index contributed by atoms with van der Waals surface area (Å²) in [5.41, 5.74) is 5.39. The Kier molecular flexibility index (Phi) is 1.86. The van der Waals surface area contributed by atoms with Crippen LogP contribution in [0.15, 0.2) is 12.4 Å². The van der Waals surface area contributed by atoms with E-state index in [1.54, 1.807) is 0 Å². The summed E-state index contributed by atoms with van der Waals surface area (Å²) in [7, 11) is 0. The predicted octanol–water partition coefficient (Wildman–Crippen LogP) is -0.719. The minimum atomic E-state index is -1.05. The van der Waals surface area contributed by atoms with E-state index in [2.05, 4.69) is 15.1 Å². The maximum atomic E-state index is 10.6. The number of hydrogen-bond donors (Lipinski definition) is 2. The van der Waals surface area contributed by atoms with Gasteiger partial charge >= 0.3 is 5.97 Å². The molecule has 2 rings (SSSR count). The normalized spacial score (nSPS) is 10.6. The highest BCUT2D eigenvalue weighted by Gasteiger charge is 2.07. The van der Waals surface area contributed by atoms with Crippen LogP contribution in [-0.4, -0.2) is 30.7 Å². The van der Waals surface area contributed by atoms with Gasteiger partial charge in [0.1, 0.15) is 0 Å². The molecule has 0 saturated heterocycles. The van der Waals surface area contributed by atoms with E-state index in [0.717, 1.165) is 0 Å². The largest absolute Gasteiger partial charge is 0.478 e. The Morgan fingerprint density at radius 2 is 2.43 bits per heavy atom. The number of fused-ring (bicyclic) bond motifs is 1. The zero-order chi connectivity index (χ0) is 10.1. The first-order valence-corrected chi connectivity index (χ1v) is 3.85. The van der Waals surface area contributed by atoms with Crippen LogP contribution in [-0.2, 0) is 6.54 Å². The van der Waals surface area contributed by atoms with Crippen LogP contribution in [0.3, 0.4) is 0 Å². The van der Waals surface area contributed by atoms with Gasteiger partial charge in [0.05, 0.1) is 12.1 Å². The molecule has 3 N–H and O–H groups in total. The minimum absolute atomic E-state index is 0.0611. The molecular weight excluding hydrogens is 186 g/mol. The molecule has 0 atom stereocenters. The maximum Gasteiger partial charge on any atom is 0.338 e. The number of nitrogens with two attached hydrogens (primary N) is 1. The molecule has 0 aliphatic heterocycles. The van der Waals surface area contributed by atoms with Gasteiger partial charge in [0.2, 0.25) is 0 Å². The summed E-state index contributed by atoms with van der Waals surface area (Å²) < 4.78 is 1.30. The molecule has 0 fully saturated rings. The van der Waals surface area contributed by atoms with Crippen molar-refractivity contribution < 1.29 is 9.90 Å². The van der Waals surface area contributed by atoms with Crippen molar-refractivity contribution in [3.05, 3.63) is 23.8 Å². The quantitative estimate of drug-likeness (QED) is 0.651. The SMILES string of the molecule is NCc1nc2ncc(C(=O)O)cn2n1. The summed E-state index contributed by atoms with van der Waals surface area (Å²) in [6.07, 6.45) is 2.57. The number of carbonyl (C=O) groups is 1. The Bertz CT molecular complexity index is 492. The number of nitrogens with zero attached hydrogens (tertiary/aromatic N) is 4. The van der Waals surface area contributed by atoms with Gasteiger partial charge < -0.3 is 10.8 Å². The van der Waals surface area contributed by atoms with E-state index in [-0.39, 0.29) is 12.1 Å². The average Bonchev–Trinajstić information content (AvgIpc) is 2.58. The van der Waals surface area contributed by atoms with Gasteiger partial charge in [-0.25, -0.2) is 14.3 Å². The third kappa shape index (κ3) is 1.29. The molecule has 0 aliphatic carbocycles. The fraction of sp³-hybridized carbons (Fsp3) is 0.143. The van der Waals surface area contributed by atoms with Gasteiger partial charge in [0.15, 0.2) is 5.82 Å². The molecule has 0 aromatic carbocycles. The zero-order valence-electron chi connectivity index (χ0n) is 7.08. The van der Waals surface area contributed by atoms with E-state index in [4.69, 9.17) is 10.8 Å². The van der Waals surface area contributed by atoms with Crippen LogP contribution < -0.4 is 5.73 Å². The number of aromatic nitrogens is 4. The van der Waals surface area contributed by atoms with Crippen LogP contribution in [0.1, 0.15) is 16.2 Å². The molecule has 0 radical (unpaired) electrons. The van der Waals surface area contributed by atoms with Crippen molar-refractivity contribution in [2.75, 3.05) is 0 Å². The number of aromatic carboxylic acids is 1. The van der Waals surface area contributed by atoms with Crippen LogP contribution in [0.25, 0.3) is 5.78 Å². The zero-order valence-corrected chi connectivity index (χ0v) is 7.08. The topological polar surface area (TPSA) is 106 Å². The molecule has 0 unspecified atom stereocenters. The van der Waals surface area contributed by atoms with Crippen molar-refractivity contribution in [2.24, 2.45) is 5.73 Å². The van der Waals surface area contributed by atoms with Gasteiger partial charge in [-0.1, -0.05) is 0 Å². The van der Waals surface area contributed by atoms with Gasteiger partial charge in [-0.05, 0) is 0 Å². The maximum absolute atomic E-state index is 10.6. The molecule has 0 bridgehead atoms. The second-order valence-corrected chi connectivity index (χ2v) is 2.62.